The zero-order valence-corrected chi connectivity index (χ0v) is 15.5. The average molecular weight is 368 g/mol. The van der Waals surface area contributed by atoms with Crippen molar-refractivity contribution in [1.29, 1.82) is 0 Å². The van der Waals surface area contributed by atoms with Crippen LogP contribution in [0.4, 0.5) is 5.95 Å². The van der Waals surface area contributed by atoms with Crippen LogP contribution in [0.2, 0.25) is 0 Å². The predicted octanol–water partition coefficient (Wildman–Crippen LogP) is 1.39. The van der Waals surface area contributed by atoms with Gasteiger partial charge in [-0.05, 0) is 43.0 Å². The monoisotopic (exact) mass is 368 g/mol. The van der Waals surface area contributed by atoms with E-state index in [-0.39, 0.29) is 11.9 Å². The third-order valence-corrected chi connectivity index (χ3v) is 5.10. The summed E-state index contributed by atoms with van der Waals surface area (Å²) in [7, 11) is 3.82. The van der Waals surface area contributed by atoms with Gasteiger partial charge < -0.3 is 20.3 Å². The fraction of sp³-hybridized carbons (Fsp3) is 0.421. The normalized spacial score (nSPS) is 22.3. The second-order valence-electron chi connectivity index (χ2n) is 7.40. The molecule has 4 rings (SSSR count). The smallest absolute Gasteiger partial charge is 0.251 e. The molecule has 0 radical (unpaired) electrons. The summed E-state index contributed by atoms with van der Waals surface area (Å²) in [6.07, 6.45) is 4.53. The number of carbonyl (C=O) groups excluding carboxylic acids is 1. The minimum Gasteiger partial charge on any atom is -0.391 e. The van der Waals surface area contributed by atoms with Crippen LogP contribution in [0.1, 0.15) is 23.2 Å². The van der Waals surface area contributed by atoms with Gasteiger partial charge in [0.2, 0.25) is 5.95 Å². The van der Waals surface area contributed by atoms with E-state index < -0.39 is 6.10 Å². The highest BCUT2D eigenvalue weighted by molar-refractivity contribution is 5.97. The molecule has 3 aromatic rings. The standard InChI is InChI=1S/C19H24N6O2/c1-24(2)19-22-14-5-4-13(10-15(14)23-19)18(27)21-16-8-12(9-17(16)26)11-25-7-3-6-20-25/h3-7,10,12,16-17,26H,8-9,11H2,1-2H3,(H,21,27)(H,22,23)/t12?,16-,17-/m1/s1. The van der Waals surface area contributed by atoms with E-state index in [0.29, 0.717) is 17.9 Å². The van der Waals surface area contributed by atoms with Crippen LogP contribution in [0.3, 0.4) is 0 Å². The quantitative estimate of drug-likeness (QED) is 0.632. The summed E-state index contributed by atoms with van der Waals surface area (Å²) in [5.41, 5.74) is 2.18. The molecule has 1 aliphatic rings. The zero-order chi connectivity index (χ0) is 19.0. The largest absolute Gasteiger partial charge is 0.391 e. The van der Waals surface area contributed by atoms with Crippen LogP contribution in [0.25, 0.3) is 11.0 Å². The number of nitrogens with zero attached hydrogens (tertiary/aromatic N) is 4. The highest BCUT2D eigenvalue weighted by Crippen LogP contribution is 2.28. The number of anilines is 1. The van der Waals surface area contributed by atoms with Crippen molar-refractivity contribution >= 4 is 22.9 Å². The molecule has 0 aliphatic heterocycles. The maximum Gasteiger partial charge on any atom is 0.251 e. The second kappa shape index (κ2) is 7.03. The van der Waals surface area contributed by atoms with Crippen molar-refractivity contribution in [2.45, 2.75) is 31.5 Å². The van der Waals surface area contributed by atoms with E-state index in [9.17, 15) is 9.90 Å². The number of benzene rings is 1. The van der Waals surface area contributed by atoms with E-state index in [1.54, 1.807) is 18.3 Å². The van der Waals surface area contributed by atoms with Crippen molar-refractivity contribution in [3.05, 3.63) is 42.2 Å². The van der Waals surface area contributed by atoms with E-state index in [1.165, 1.54) is 0 Å². The van der Waals surface area contributed by atoms with Gasteiger partial charge in [-0.2, -0.15) is 5.10 Å². The van der Waals surface area contributed by atoms with Crippen molar-refractivity contribution in [3.63, 3.8) is 0 Å². The molecule has 2 aromatic heterocycles. The molecule has 0 bridgehead atoms. The Kier molecular flexibility index (Phi) is 4.57. The van der Waals surface area contributed by atoms with Crippen molar-refractivity contribution in [3.8, 4) is 0 Å². The Hall–Kier alpha value is -2.87. The molecule has 1 aliphatic carbocycles. The molecule has 8 heteroatoms. The van der Waals surface area contributed by atoms with Crippen LogP contribution >= 0.6 is 0 Å². The highest BCUT2D eigenvalue weighted by Gasteiger charge is 2.34. The minimum absolute atomic E-state index is 0.179. The number of fused-ring (bicyclic) bond motifs is 1. The number of aliphatic hydroxyl groups excluding tert-OH is 1. The Balaban J connectivity index is 1.43. The van der Waals surface area contributed by atoms with Gasteiger partial charge in [0.25, 0.3) is 5.91 Å². The van der Waals surface area contributed by atoms with Gasteiger partial charge in [0, 0.05) is 38.6 Å². The van der Waals surface area contributed by atoms with Gasteiger partial charge in [-0.15, -0.1) is 0 Å². The second-order valence-corrected chi connectivity index (χ2v) is 7.40. The van der Waals surface area contributed by atoms with Crippen LogP contribution < -0.4 is 10.2 Å². The van der Waals surface area contributed by atoms with Crippen LogP contribution in [0.15, 0.2) is 36.7 Å². The van der Waals surface area contributed by atoms with Crippen molar-refractivity contribution < 1.29 is 9.90 Å². The molecule has 1 fully saturated rings. The van der Waals surface area contributed by atoms with Crippen molar-refractivity contribution in [2.75, 3.05) is 19.0 Å². The molecule has 27 heavy (non-hydrogen) atoms. The Morgan fingerprint density at radius 1 is 1.41 bits per heavy atom. The number of rotatable bonds is 5. The zero-order valence-electron chi connectivity index (χ0n) is 15.5. The predicted molar refractivity (Wildman–Crippen MR) is 103 cm³/mol. The SMILES string of the molecule is CN(C)c1nc2ccc(C(=O)N[C@@H]3CC(Cn4cccn4)C[C@H]3O)cc2[nH]1. The van der Waals surface area contributed by atoms with Crippen LogP contribution in [0.5, 0.6) is 0 Å². The molecule has 8 nitrogen and oxygen atoms in total. The number of nitrogens with one attached hydrogen (secondary N) is 2. The Bertz CT molecular complexity index is 933. The number of aromatic nitrogens is 4. The summed E-state index contributed by atoms with van der Waals surface area (Å²) in [5, 5.41) is 17.6. The summed E-state index contributed by atoms with van der Waals surface area (Å²) in [6.45, 7) is 0.754. The molecule has 0 spiro atoms. The van der Waals surface area contributed by atoms with E-state index >= 15 is 0 Å². The third kappa shape index (κ3) is 3.66. The van der Waals surface area contributed by atoms with Crippen molar-refractivity contribution in [1.82, 2.24) is 25.1 Å². The molecule has 1 amide bonds. The highest BCUT2D eigenvalue weighted by atomic mass is 16.3. The van der Waals surface area contributed by atoms with E-state index in [1.807, 2.05) is 42.0 Å². The lowest BCUT2D eigenvalue weighted by molar-refractivity contribution is 0.0873. The number of hydrogen-bond donors (Lipinski definition) is 3. The topological polar surface area (TPSA) is 99.1 Å². The van der Waals surface area contributed by atoms with E-state index in [2.05, 4.69) is 20.4 Å². The third-order valence-electron chi connectivity index (χ3n) is 5.10. The summed E-state index contributed by atoms with van der Waals surface area (Å²) < 4.78 is 1.87. The van der Waals surface area contributed by atoms with Gasteiger partial charge in [-0.25, -0.2) is 4.98 Å². The molecule has 3 atom stereocenters. The molecular formula is C19H24N6O2. The molecule has 1 unspecified atom stereocenters. The Morgan fingerprint density at radius 2 is 2.26 bits per heavy atom. The lowest BCUT2D eigenvalue weighted by Gasteiger charge is -2.16. The van der Waals surface area contributed by atoms with Gasteiger partial charge in [-0.1, -0.05) is 0 Å². The summed E-state index contributed by atoms with van der Waals surface area (Å²) in [4.78, 5) is 22.2. The fourth-order valence-electron chi connectivity index (χ4n) is 3.70. The lowest BCUT2D eigenvalue weighted by atomic mass is 10.1. The maximum absolute atomic E-state index is 12.7. The van der Waals surface area contributed by atoms with Crippen LogP contribution in [-0.2, 0) is 6.54 Å². The molecule has 142 valence electrons. The molecular weight excluding hydrogens is 344 g/mol. The number of aliphatic hydroxyl groups is 1. The number of H-pyrrole nitrogens is 1. The summed E-state index contributed by atoms with van der Waals surface area (Å²) >= 11 is 0. The maximum atomic E-state index is 12.7. The molecule has 3 N–H and O–H groups in total. The van der Waals surface area contributed by atoms with Gasteiger partial charge in [0.1, 0.15) is 0 Å². The first kappa shape index (κ1) is 17.5. The van der Waals surface area contributed by atoms with E-state index in [4.69, 9.17) is 0 Å². The van der Waals surface area contributed by atoms with Gasteiger partial charge >= 0.3 is 0 Å². The minimum atomic E-state index is -0.536. The Labute approximate surface area is 157 Å². The molecule has 1 saturated carbocycles. The first-order chi connectivity index (χ1) is 13.0. The number of carbonyl (C=O) groups is 1. The first-order valence-electron chi connectivity index (χ1n) is 9.13. The number of aromatic amines is 1. The van der Waals surface area contributed by atoms with Gasteiger partial charge in [-0.3, -0.25) is 9.48 Å². The van der Waals surface area contributed by atoms with Gasteiger partial charge in [0.15, 0.2) is 0 Å². The number of hydrogen-bond acceptors (Lipinski definition) is 5. The number of imidazole rings is 1. The molecule has 2 heterocycles. The van der Waals surface area contributed by atoms with Crippen molar-refractivity contribution in [2.24, 2.45) is 5.92 Å². The van der Waals surface area contributed by atoms with Crippen LogP contribution in [0, 0.1) is 5.92 Å². The fourth-order valence-corrected chi connectivity index (χ4v) is 3.70. The molecule has 0 saturated heterocycles. The summed E-state index contributed by atoms with van der Waals surface area (Å²) in [5.74, 6) is 0.861. The van der Waals surface area contributed by atoms with E-state index in [0.717, 1.165) is 29.9 Å². The first-order valence-corrected chi connectivity index (χ1v) is 9.13. The lowest BCUT2D eigenvalue weighted by Crippen LogP contribution is -2.39. The number of amides is 1. The average Bonchev–Trinajstić information content (AvgIpc) is 3.35. The van der Waals surface area contributed by atoms with Crippen LogP contribution in [-0.4, -0.2) is 57.0 Å². The summed E-state index contributed by atoms with van der Waals surface area (Å²) in [6, 6.07) is 7.04. The molecule has 1 aromatic carbocycles. The Morgan fingerprint density at radius 3 is 3.00 bits per heavy atom. The van der Waals surface area contributed by atoms with Gasteiger partial charge in [0.05, 0.1) is 23.2 Å².